The molecule has 29 heavy (non-hydrogen) atoms. The molecule has 4 nitrogen and oxygen atoms in total. The van der Waals surface area contributed by atoms with E-state index in [0.29, 0.717) is 5.56 Å². The maximum atomic E-state index is 13.3. The summed E-state index contributed by atoms with van der Waals surface area (Å²) >= 11 is 1.49. The minimum Gasteiger partial charge on any atom is -0.452 e. The zero-order valence-electron chi connectivity index (χ0n) is 15.7. The maximum absolute atomic E-state index is 13.3. The van der Waals surface area contributed by atoms with Crippen LogP contribution in [0.4, 0.5) is 4.39 Å². The van der Waals surface area contributed by atoms with Gasteiger partial charge in [0.25, 0.3) is 5.91 Å². The van der Waals surface area contributed by atoms with Crippen LogP contribution in [0.1, 0.15) is 44.4 Å². The van der Waals surface area contributed by atoms with Crippen LogP contribution < -0.4 is 5.32 Å². The standard InChI is InChI=1S/C23H20FNO3S/c24-19-10-8-16(9-11-19)22(20-5-2-12-29-20)25-21(26)14-28-23(27)18-7-6-15-3-1-4-17(15)13-18/h2,5-13,22H,1,3-4,14H2,(H,25,26)/t22-/m0/s1. The molecule has 2 aromatic carbocycles. The number of ether oxygens (including phenoxy) is 1. The average Bonchev–Trinajstić information content (AvgIpc) is 3.42. The fourth-order valence-corrected chi connectivity index (χ4v) is 4.35. The van der Waals surface area contributed by atoms with Crippen molar-refractivity contribution in [1.29, 1.82) is 0 Å². The van der Waals surface area contributed by atoms with Gasteiger partial charge >= 0.3 is 5.97 Å². The van der Waals surface area contributed by atoms with Gasteiger partial charge in [-0.15, -0.1) is 11.3 Å². The smallest absolute Gasteiger partial charge is 0.338 e. The minimum absolute atomic E-state index is 0.340. The molecule has 1 heterocycles. The molecule has 4 rings (SSSR count). The van der Waals surface area contributed by atoms with Gasteiger partial charge in [-0.25, -0.2) is 9.18 Å². The van der Waals surface area contributed by atoms with Gasteiger partial charge in [-0.3, -0.25) is 4.79 Å². The van der Waals surface area contributed by atoms with E-state index in [1.54, 1.807) is 18.2 Å². The Hall–Kier alpha value is -2.99. The number of halogens is 1. The van der Waals surface area contributed by atoms with Crippen LogP contribution in [0.25, 0.3) is 0 Å². The summed E-state index contributed by atoms with van der Waals surface area (Å²) in [6.07, 6.45) is 3.11. The summed E-state index contributed by atoms with van der Waals surface area (Å²) in [5, 5.41) is 4.78. The SMILES string of the molecule is O=C(COC(=O)c1ccc2c(c1)CCC2)N[C@@H](c1ccc(F)cc1)c1cccs1. The number of hydrogen-bond donors (Lipinski definition) is 1. The third-order valence-electron chi connectivity index (χ3n) is 5.00. The molecule has 0 aliphatic heterocycles. The van der Waals surface area contributed by atoms with Gasteiger partial charge in [-0.05, 0) is 71.7 Å². The molecule has 1 aliphatic rings. The van der Waals surface area contributed by atoms with Crippen molar-refractivity contribution >= 4 is 23.2 Å². The molecule has 0 saturated carbocycles. The zero-order chi connectivity index (χ0) is 20.2. The highest BCUT2D eigenvalue weighted by Gasteiger charge is 2.20. The van der Waals surface area contributed by atoms with E-state index in [-0.39, 0.29) is 12.4 Å². The largest absolute Gasteiger partial charge is 0.452 e. The number of thiophene rings is 1. The third kappa shape index (κ3) is 4.54. The monoisotopic (exact) mass is 409 g/mol. The Morgan fingerprint density at radius 2 is 1.86 bits per heavy atom. The highest BCUT2D eigenvalue weighted by Crippen LogP contribution is 2.26. The molecule has 0 spiro atoms. The molecule has 3 aromatic rings. The topological polar surface area (TPSA) is 55.4 Å². The van der Waals surface area contributed by atoms with Crippen LogP contribution in [-0.2, 0) is 22.4 Å². The second-order valence-electron chi connectivity index (χ2n) is 6.98. The van der Waals surface area contributed by atoms with Gasteiger partial charge in [-0.2, -0.15) is 0 Å². The summed E-state index contributed by atoms with van der Waals surface area (Å²) in [5.41, 5.74) is 3.68. The Kier molecular flexibility index (Phi) is 5.71. The normalized spacial score (nSPS) is 13.6. The summed E-state index contributed by atoms with van der Waals surface area (Å²) in [4.78, 5) is 25.7. The van der Waals surface area contributed by atoms with Crippen molar-refractivity contribution < 1.29 is 18.7 Å². The first kappa shape index (κ1) is 19.3. The van der Waals surface area contributed by atoms with Crippen LogP contribution in [0, 0.1) is 5.82 Å². The summed E-state index contributed by atoms with van der Waals surface area (Å²) in [5.74, 6) is -1.26. The molecule has 0 saturated heterocycles. The molecule has 1 atom stereocenters. The van der Waals surface area contributed by atoms with Crippen molar-refractivity contribution in [2.45, 2.75) is 25.3 Å². The van der Waals surface area contributed by atoms with Crippen molar-refractivity contribution in [2.24, 2.45) is 0 Å². The molecule has 0 fully saturated rings. The number of hydrogen-bond acceptors (Lipinski definition) is 4. The zero-order valence-corrected chi connectivity index (χ0v) is 16.5. The summed E-state index contributed by atoms with van der Waals surface area (Å²) in [6.45, 7) is -0.376. The number of aryl methyl sites for hydroxylation is 2. The van der Waals surface area contributed by atoms with E-state index in [9.17, 15) is 14.0 Å². The molecule has 1 amide bonds. The van der Waals surface area contributed by atoms with Crippen molar-refractivity contribution in [2.75, 3.05) is 6.61 Å². The van der Waals surface area contributed by atoms with E-state index in [2.05, 4.69) is 5.32 Å². The first-order valence-corrected chi connectivity index (χ1v) is 10.4. The summed E-state index contributed by atoms with van der Waals surface area (Å²) in [6, 6.07) is 14.9. The van der Waals surface area contributed by atoms with Gasteiger partial charge in [-0.1, -0.05) is 24.3 Å². The molecule has 148 valence electrons. The van der Waals surface area contributed by atoms with Gasteiger partial charge in [0.05, 0.1) is 11.6 Å². The van der Waals surface area contributed by atoms with Crippen molar-refractivity contribution in [3.63, 3.8) is 0 Å². The number of rotatable bonds is 6. The fraction of sp³-hybridized carbons (Fsp3) is 0.217. The molecule has 1 aromatic heterocycles. The first-order chi connectivity index (χ1) is 14.1. The molecule has 6 heteroatoms. The Bertz CT molecular complexity index is 1020. The predicted octanol–water partition coefficient (Wildman–Crippen LogP) is 4.44. The Morgan fingerprint density at radius 3 is 2.62 bits per heavy atom. The minimum atomic E-state index is -0.510. The number of fused-ring (bicyclic) bond motifs is 1. The number of esters is 1. The molecular weight excluding hydrogens is 389 g/mol. The van der Waals surface area contributed by atoms with Gasteiger partial charge < -0.3 is 10.1 Å². The number of nitrogens with one attached hydrogen (secondary N) is 1. The molecule has 1 N–H and O–H groups in total. The van der Waals surface area contributed by atoms with Gasteiger partial charge in [0, 0.05) is 4.88 Å². The number of carbonyl (C=O) groups is 2. The van der Waals surface area contributed by atoms with Crippen LogP contribution in [0.15, 0.2) is 60.0 Å². The van der Waals surface area contributed by atoms with Crippen LogP contribution in [-0.4, -0.2) is 18.5 Å². The lowest BCUT2D eigenvalue weighted by Gasteiger charge is -2.18. The summed E-state index contributed by atoms with van der Waals surface area (Å²) in [7, 11) is 0. The van der Waals surface area contributed by atoms with Crippen molar-refractivity contribution in [3.05, 3.63) is 92.9 Å². The highest BCUT2D eigenvalue weighted by molar-refractivity contribution is 7.10. The van der Waals surface area contributed by atoms with Crippen molar-refractivity contribution in [1.82, 2.24) is 5.32 Å². The molecule has 0 bridgehead atoms. The fourth-order valence-electron chi connectivity index (χ4n) is 3.55. The predicted molar refractivity (Wildman–Crippen MR) is 109 cm³/mol. The second kappa shape index (κ2) is 8.57. The van der Waals surface area contributed by atoms with Crippen molar-refractivity contribution in [3.8, 4) is 0 Å². The van der Waals surface area contributed by atoms with Crippen LogP contribution >= 0.6 is 11.3 Å². The highest BCUT2D eigenvalue weighted by atomic mass is 32.1. The van der Waals surface area contributed by atoms with E-state index in [0.717, 1.165) is 29.7 Å². The quantitative estimate of drug-likeness (QED) is 0.613. The molecule has 0 unspecified atom stereocenters. The van der Waals surface area contributed by atoms with Crippen LogP contribution in [0.2, 0.25) is 0 Å². The van der Waals surface area contributed by atoms with Gasteiger partial charge in [0.15, 0.2) is 6.61 Å². The lowest BCUT2D eigenvalue weighted by atomic mass is 10.1. The first-order valence-electron chi connectivity index (χ1n) is 9.47. The van der Waals surface area contributed by atoms with Crippen LogP contribution in [0.3, 0.4) is 0 Å². The second-order valence-corrected chi connectivity index (χ2v) is 7.96. The van der Waals surface area contributed by atoms with E-state index in [1.165, 1.54) is 34.6 Å². The number of amides is 1. The molecule has 1 aliphatic carbocycles. The Labute approximate surface area is 172 Å². The average molecular weight is 409 g/mol. The third-order valence-corrected chi connectivity index (χ3v) is 5.94. The Morgan fingerprint density at radius 1 is 1.07 bits per heavy atom. The lowest BCUT2D eigenvalue weighted by Crippen LogP contribution is -2.32. The van der Waals surface area contributed by atoms with E-state index in [1.807, 2.05) is 29.6 Å². The molecular formula is C23H20FNO3S. The van der Waals surface area contributed by atoms with Gasteiger partial charge in [0.1, 0.15) is 5.82 Å². The van der Waals surface area contributed by atoms with Gasteiger partial charge in [0.2, 0.25) is 0 Å². The van der Waals surface area contributed by atoms with Crippen LogP contribution in [0.5, 0.6) is 0 Å². The van der Waals surface area contributed by atoms with E-state index < -0.39 is 17.9 Å². The number of benzene rings is 2. The van der Waals surface area contributed by atoms with E-state index in [4.69, 9.17) is 4.74 Å². The lowest BCUT2D eigenvalue weighted by molar-refractivity contribution is -0.124. The molecule has 0 radical (unpaired) electrons. The van der Waals surface area contributed by atoms with E-state index >= 15 is 0 Å². The number of carbonyl (C=O) groups excluding carboxylic acids is 2. The Balaban J connectivity index is 1.40. The maximum Gasteiger partial charge on any atom is 0.338 e. The summed E-state index contributed by atoms with van der Waals surface area (Å²) < 4.78 is 18.5.